The number of aromatic nitrogens is 1. The lowest BCUT2D eigenvalue weighted by Crippen LogP contribution is -2.30. The van der Waals surface area contributed by atoms with Gasteiger partial charge >= 0.3 is 0 Å². The Morgan fingerprint density at radius 2 is 1.66 bits per heavy atom. The van der Waals surface area contributed by atoms with Crippen LogP contribution in [0.5, 0.6) is 0 Å². The quantitative estimate of drug-likeness (QED) is 0.633. The summed E-state index contributed by atoms with van der Waals surface area (Å²) in [5.41, 5.74) is 2.90. The van der Waals surface area contributed by atoms with E-state index in [9.17, 15) is 13.5 Å². The molecule has 1 aromatic heterocycles. The molecular formula is C21H19N3O3S2. The van der Waals surface area contributed by atoms with Gasteiger partial charge in [0.2, 0.25) is 0 Å². The molecule has 0 fully saturated rings. The first kappa shape index (κ1) is 19.8. The van der Waals surface area contributed by atoms with Gasteiger partial charge < -0.3 is 5.11 Å². The number of rotatable bonds is 6. The van der Waals surface area contributed by atoms with Crippen molar-refractivity contribution in [3.8, 4) is 0 Å². The predicted molar refractivity (Wildman–Crippen MR) is 113 cm³/mol. The van der Waals surface area contributed by atoms with Gasteiger partial charge in [0.25, 0.3) is 10.0 Å². The number of benzene rings is 2. The molecule has 1 aliphatic rings. The fourth-order valence-corrected chi connectivity index (χ4v) is 5.32. The second-order valence-electron chi connectivity index (χ2n) is 6.42. The average Bonchev–Trinajstić information content (AvgIpc) is 3.19. The van der Waals surface area contributed by atoms with Gasteiger partial charge in [0, 0.05) is 28.1 Å². The highest BCUT2D eigenvalue weighted by molar-refractivity contribution is 8.05. The average molecular weight is 426 g/mol. The largest absolute Gasteiger partial charge is 0.392 e. The van der Waals surface area contributed by atoms with Gasteiger partial charge in [-0.15, -0.1) is 0 Å². The molecule has 0 unspecified atom stereocenters. The molecule has 2 N–H and O–H groups in total. The summed E-state index contributed by atoms with van der Waals surface area (Å²) in [6.07, 6.45) is 1.63. The number of hydrogen-bond donors (Lipinski definition) is 2. The maximum absolute atomic E-state index is 12.8. The van der Waals surface area contributed by atoms with Gasteiger partial charge in [0.1, 0.15) is 0 Å². The van der Waals surface area contributed by atoms with E-state index in [1.54, 1.807) is 18.3 Å². The van der Waals surface area contributed by atoms with Crippen molar-refractivity contribution < 1.29 is 13.5 Å². The third-order valence-corrected chi connectivity index (χ3v) is 7.15. The van der Waals surface area contributed by atoms with E-state index in [1.807, 2.05) is 48.5 Å². The van der Waals surface area contributed by atoms with Crippen molar-refractivity contribution in [3.63, 3.8) is 0 Å². The molecule has 2 aromatic carbocycles. The van der Waals surface area contributed by atoms with E-state index < -0.39 is 10.0 Å². The highest BCUT2D eigenvalue weighted by atomic mass is 32.2. The Kier molecular flexibility index (Phi) is 5.77. The van der Waals surface area contributed by atoms with Gasteiger partial charge in [-0.05, 0) is 35.4 Å². The van der Waals surface area contributed by atoms with Crippen LogP contribution in [-0.2, 0) is 29.7 Å². The van der Waals surface area contributed by atoms with Gasteiger partial charge in [-0.1, -0.05) is 48.2 Å². The Morgan fingerprint density at radius 1 is 0.966 bits per heavy atom. The standard InChI is InChI=1S/C21H19N3O3S2/c25-14-16-7-2-4-10-20(16)28-19-9-3-1-6-15(19)12-24-29(26,27)21-17-8-5-11-22-18(17)13-23-21/h1-11,24-25H,12-14H2. The van der Waals surface area contributed by atoms with E-state index in [0.717, 1.165) is 20.9 Å². The van der Waals surface area contributed by atoms with Crippen molar-refractivity contribution in [1.29, 1.82) is 0 Å². The van der Waals surface area contributed by atoms with Crippen LogP contribution < -0.4 is 4.72 Å². The predicted octanol–water partition coefficient (Wildman–Crippen LogP) is 3.10. The lowest BCUT2D eigenvalue weighted by atomic mass is 10.2. The van der Waals surface area contributed by atoms with Crippen LogP contribution in [0.1, 0.15) is 22.4 Å². The number of aliphatic hydroxyl groups excluding tert-OH is 1. The summed E-state index contributed by atoms with van der Waals surface area (Å²) >= 11 is 1.50. The number of fused-ring (bicyclic) bond motifs is 1. The van der Waals surface area contributed by atoms with Crippen LogP contribution in [0.4, 0.5) is 0 Å². The van der Waals surface area contributed by atoms with Crippen molar-refractivity contribution in [1.82, 2.24) is 9.71 Å². The Morgan fingerprint density at radius 3 is 2.41 bits per heavy atom. The van der Waals surface area contributed by atoms with Gasteiger partial charge in [-0.3, -0.25) is 9.98 Å². The van der Waals surface area contributed by atoms with Crippen LogP contribution in [0.15, 0.2) is 81.6 Å². The van der Waals surface area contributed by atoms with E-state index in [0.29, 0.717) is 11.3 Å². The first-order chi connectivity index (χ1) is 14.1. The van der Waals surface area contributed by atoms with E-state index in [4.69, 9.17) is 0 Å². The number of pyridine rings is 1. The lowest BCUT2D eigenvalue weighted by Gasteiger charge is -2.12. The number of aliphatic imine (C=N–C) groups is 1. The number of nitrogens with one attached hydrogen (secondary N) is 1. The maximum atomic E-state index is 12.8. The van der Waals surface area contributed by atoms with Crippen LogP contribution in [0.25, 0.3) is 0 Å². The zero-order valence-electron chi connectivity index (χ0n) is 15.4. The highest BCUT2D eigenvalue weighted by Gasteiger charge is 2.28. The minimum atomic E-state index is -3.76. The first-order valence-corrected chi connectivity index (χ1v) is 11.3. The summed E-state index contributed by atoms with van der Waals surface area (Å²) in [5, 5.41) is 9.59. The molecule has 0 aliphatic carbocycles. The fourth-order valence-electron chi connectivity index (χ4n) is 3.06. The summed E-state index contributed by atoms with van der Waals surface area (Å²) in [7, 11) is -3.76. The first-order valence-electron chi connectivity index (χ1n) is 9.01. The van der Waals surface area contributed by atoms with Crippen LogP contribution >= 0.6 is 11.8 Å². The molecule has 3 aromatic rings. The zero-order valence-corrected chi connectivity index (χ0v) is 17.1. The smallest absolute Gasteiger partial charge is 0.258 e. The molecule has 0 amide bonds. The van der Waals surface area contributed by atoms with Gasteiger partial charge in [0.05, 0.1) is 18.8 Å². The Bertz CT molecular complexity index is 1180. The molecule has 29 heavy (non-hydrogen) atoms. The van der Waals surface area contributed by atoms with E-state index in [-0.39, 0.29) is 24.7 Å². The summed E-state index contributed by atoms with van der Waals surface area (Å²) in [4.78, 5) is 10.2. The molecule has 1 aliphatic heterocycles. The molecule has 0 atom stereocenters. The van der Waals surface area contributed by atoms with Crippen LogP contribution in [0, 0.1) is 0 Å². The Hall–Kier alpha value is -2.52. The summed E-state index contributed by atoms with van der Waals surface area (Å²) in [6.45, 7) is 0.365. The fraction of sp³-hybridized carbons (Fsp3) is 0.143. The minimum Gasteiger partial charge on any atom is -0.392 e. The molecule has 2 heterocycles. The molecule has 0 radical (unpaired) electrons. The highest BCUT2D eigenvalue weighted by Crippen LogP contribution is 2.33. The normalized spacial score (nSPS) is 13.2. The molecule has 8 heteroatoms. The number of hydrogen-bond acceptors (Lipinski definition) is 6. The van der Waals surface area contributed by atoms with Crippen molar-refractivity contribution in [2.45, 2.75) is 29.5 Å². The molecule has 0 saturated carbocycles. The molecular weight excluding hydrogens is 406 g/mol. The SMILES string of the molecule is O=S(=O)(NCc1ccccc1Sc1ccccc1CO)C1=NCc2ncccc21. The monoisotopic (exact) mass is 425 g/mol. The van der Waals surface area contributed by atoms with Crippen molar-refractivity contribution in [2.24, 2.45) is 4.99 Å². The zero-order chi connectivity index (χ0) is 20.3. The minimum absolute atomic E-state index is 0.0383. The van der Waals surface area contributed by atoms with Gasteiger partial charge in [0.15, 0.2) is 5.04 Å². The summed E-state index contributed by atoms with van der Waals surface area (Å²) < 4.78 is 28.3. The molecule has 4 rings (SSSR count). The van der Waals surface area contributed by atoms with Crippen molar-refractivity contribution in [3.05, 3.63) is 89.2 Å². The van der Waals surface area contributed by atoms with Crippen LogP contribution in [0.2, 0.25) is 0 Å². The van der Waals surface area contributed by atoms with Crippen LogP contribution in [0.3, 0.4) is 0 Å². The summed E-state index contributed by atoms with van der Waals surface area (Å²) in [5.74, 6) is 0. The molecule has 6 nitrogen and oxygen atoms in total. The van der Waals surface area contributed by atoms with Gasteiger partial charge in [-0.25, -0.2) is 13.1 Å². The van der Waals surface area contributed by atoms with Crippen LogP contribution in [-0.4, -0.2) is 23.6 Å². The van der Waals surface area contributed by atoms with Crippen molar-refractivity contribution in [2.75, 3.05) is 0 Å². The van der Waals surface area contributed by atoms with Crippen molar-refractivity contribution >= 4 is 26.8 Å². The summed E-state index contributed by atoms with van der Waals surface area (Å²) in [6, 6.07) is 18.6. The third-order valence-electron chi connectivity index (χ3n) is 4.54. The number of aliphatic hydroxyl groups is 1. The maximum Gasteiger partial charge on any atom is 0.258 e. The third kappa shape index (κ3) is 4.25. The lowest BCUT2D eigenvalue weighted by molar-refractivity contribution is 0.279. The molecule has 0 spiro atoms. The number of nitrogens with zero attached hydrogens (tertiary/aromatic N) is 2. The Labute approximate surface area is 173 Å². The second-order valence-corrected chi connectivity index (χ2v) is 9.19. The second kappa shape index (κ2) is 8.46. The van der Waals surface area contributed by atoms with E-state index >= 15 is 0 Å². The van der Waals surface area contributed by atoms with E-state index in [2.05, 4.69) is 14.7 Å². The molecule has 0 bridgehead atoms. The molecule has 148 valence electrons. The number of sulfonamides is 1. The molecule has 0 saturated heterocycles. The Balaban J connectivity index is 1.54. The van der Waals surface area contributed by atoms with Gasteiger partial charge in [-0.2, -0.15) is 0 Å². The van der Waals surface area contributed by atoms with E-state index in [1.165, 1.54) is 11.8 Å². The topological polar surface area (TPSA) is 91.7 Å².